The van der Waals surface area contributed by atoms with Gasteiger partial charge in [-0.2, -0.15) is 0 Å². The number of nitrogens with one attached hydrogen (secondary N) is 1. The first-order valence-electron chi connectivity index (χ1n) is 6.03. The molecule has 0 aromatic carbocycles. The molecule has 0 spiro atoms. The lowest BCUT2D eigenvalue weighted by molar-refractivity contribution is -0.141. The molecule has 0 aliphatic heterocycles. The summed E-state index contributed by atoms with van der Waals surface area (Å²) in [5, 5.41) is 11.6. The van der Waals surface area contributed by atoms with Gasteiger partial charge in [-0.1, -0.05) is 0 Å². The Morgan fingerprint density at radius 2 is 2.15 bits per heavy atom. The molecule has 0 saturated carbocycles. The molecule has 0 radical (unpaired) electrons. The number of aliphatic carboxylic acids is 1. The van der Waals surface area contributed by atoms with E-state index in [0.717, 1.165) is 11.3 Å². The van der Waals surface area contributed by atoms with Crippen LogP contribution in [0.3, 0.4) is 0 Å². The van der Waals surface area contributed by atoms with E-state index in [1.54, 1.807) is 6.92 Å². The number of carboxylic acid groups (broad SMARTS) is 1. The SMILES string of the molecule is CC(=O)NCCN(C(=O)c1ncoc1C)C(C)C(=O)O. The monoisotopic (exact) mass is 283 g/mol. The lowest BCUT2D eigenvalue weighted by atomic mass is 10.2. The topological polar surface area (TPSA) is 113 Å². The fraction of sp³-hybridized carbons (Fsp3) is 0.500. The first-order valence-corrected chi connectivity index (χ1v) is 6.03. The third-order valence-corrected chi connectivity index (χ3v) is 2.76. The Morgan fingerprint density at radius 3 is 2.60 bits per heavy atom. The van der Waals surface area contributed by atoms with E-state index in [4.69, 9.17) is 9.52 Å². The fourth-order valence-electron chi connectivity index (χ4n) is 1.60. The summed E-state index contributed by atoms with van der Waals surface area (Å²) in [7, 11) is 0. The van der Waals surface area contributed by atoms with E-state index in [-0.39, 0.29) is 24.7 Å². The minimum Gasteiger partial charge on any atom is -0.480 e. The number of carboxylic acids is 1. The number of aromatic nitrogens is 1. The molecule has 1 aromatic rings. The van der Waals surface area contributed by atoms with Crippen molar-refractivity contribution in [2.45, 2.75) is 26.8 Å². The Bertz CT molecular complexity index is 511. The van der Waals surface area contributed by atoms with E-state index >= 15 is 0 Å². The molecule has 8 heteroatoms. The third-order valence-electron chi connectivity index (χ3n) is 2.76. The maximum atomic E-state index is 12.3. The number of aryl methyl sites for hydroxylation is 1. The van der Waals surface area contributed by atoms with Crippen LogP contribution < -0.4 is 5.32 Å². The molecule has 0 fully saturated rings. The predicted octanol–water partition coefficient (Wildman–Crippen LogP) is 0.0344. The van der Waals surface area contributed by atoms with Gasteiger partial charge in [0.05, 0.1) is 0 Å². The van der Waals surface area contributed by atoms with E-state index < -0.39 is 17.9 Å². The molecule has 2 N–H and O–H groups in total. The number of oxazole rings is 1. The van der Waals surface area contributed by atoms with Gasteiger partial charge in [0.2, 0.25) is 5.91 Å². The second-order valence-electron chi connectivity index (χ2n) is 4.25. The van der Waals surface area contributed by atoms with Crippen LogP contribution in [0.15, 0.2) is 10.8 Å². The van der Waals surface area contributed by atoms with Crippen molar-refractivity contribution in [1.82, 2.24) is 15.2 Å². The third kappa shape index (κ3) is 3.81. The highest BCUT2D eigenvalue weighted by Crippen LogP contribution is 2.11. The van der Waals surface area contributed by atoms with E-state index in [9.17, 15) is 14.4 Å². The number of amides is 2. The van der Waals surface area contributed by atoms with Crippen LogP contribution in [0.25, 0.3) is 0 Å². The molecule has 1 rings (SSSR count). The molecular weight excluding hydrogens is 266 g/mol. The van der Waals surface area contributed by atoms with Gasteiger partial charge in [-0.05, 0) is 13.8 Å². The van der Waals surface area contributed by atoms with Crippen molar-refractivity contribution in [3.8, 4) is 0 Å². The molecule has 1 aromatic heterocycles. The largest absolute Gasteiger partial charge is 0.480 e. The van der Waals surface area contributed by atoms with E-state index in [2.05, 4.69) is 10.3 Å². The Morgan fingerprint density at radius 1 is 1.50 bits per heavy atom. The molecule has 1 atom stereocenters. The van der Waals surface area contributed by atoms with Gasteiger partial charge in [0.15, 0.2) is 12.1 Å². The second-order valence-corrected chi connectivity index (χ2v) is 4.25. The summed E-state index contributed by atoms with van der Waals surface area (Å²) in [6.07, 6.45) is 1.12. The Balaban J connectivity index is 2.87. The molecule has 8 nitrogen and oxygen atoms in total. The van der Waals surface area contributed by atoms with Crippen LogP contribution >= 0.6 is 0 Å². The Hall–Kier alpha value is -2.38. The zero-order valence-electron chi connectivity index (χ0n) is 11.5. The number of nitrogens with zero attached hydrogens (tertiary/aromatic N) is 2. The normalized spacial score (nSPS) is 11.8. The standard InChI is InChI=1S/C12H17N3O5/c1-7(12(18)19)15(5-4-13-9(3)16)11(17)10-8(2)20-6-14-10/h6-7H,4-5H2,1-3H3,(H,13,16)(H,18,19). The zero-order valence-corrected chi connectivity index (χ0v) is 11.5. The maximum Gasteiger partial charge on any atom is 0.326 e. The van der Waals surface area contributed by atoms with Crippen molar-refractivity contribution in [1.29, 1.82) is 0 Å². The number of hydrogen-bond donors (Lipinski definition) is 2. The summed E-state index contributed by atoms with van der Waals surface area (Å²) < 4.78 is 4.94. The van der Waals surface area contributed by atoms with Gasteiger partial charge in [0, 0.05) is 20.0 Å². The first kappa shape index (κ1) is 15.7. The van der Waals surface area contributed by atoms with Crippen molar-refractivity contribution in [3.05, 3.63) is 17.8 Å². The van der Waals surface area contributed by atoms with E-state index in [0.29, 0.717) is 5.76 Å². The Labute approximate surface area is 115 Å². The summed E-state index contributed by atoms with van der Waals surface area (Å²) >= 11 is 0. The van der Waals surface area contributed by atoms with E-state index in [1.165, 1.54) is 13.8 Å². The molecule has 0 aliphatic carbocycles. The molecular formula is C12H17N3O5. The summed E-state index contributed by atoms with van der Waals surface area (Å²) in [6.45, 7) is 4.53. The van der Waals surface area contributed by atoms with Crippen LogP contribution in [0.4, 0.5) is 0 Å². The van der Waals surface area contributed by atoms with Gasteiger partial charge in [-0.25, -0.2) is 9.78 Å². The average molecular weight is 283 g/mol. The Kier molecular flexibility index (Phi) is 5.24. The number of rotatable bonds is 6. The second kappa shape index (κ2) is 6.69. The van der Waals surface area contributed by atoms with Gasteiger partial charge in [-0.15, -0.1) is 0 Å². The summed E-state index contributed by atoms with van der Waals surface area (Å²) in [6, 6.07) is -1.03. The van der Waals surface area contributed by atoms with Crippen molar-refractivity contribution in [2.75, 3.05) is 13.1 Å². The van der Waals surface area contributed by atoms with Gasteiger partial charge in [0.1, 0.15) is 11.8 Å². The zero-order chi connectivity index (χ0) is 15.3. The van der Waals surface area contributed by atoms with Crippen LogP contribution in [-0.4, -0.2) is 51.9 Å². The van der Waals surface area contributed by atoms with Gasteiger partial charge in [0.25, 0.3) is 5.91 Å². The maximum absolute atomic E-state index is 12.3. The summed E-state index contributed by atoms with van der Waals surface area (Å²) in [4.78, 5) is 39.1. The molecule has 0 bridgehead atoms. The average Bonchev–Trinajstić information content (AvgIpc) is 2.79. The number of carbonyl (C=O) groups is 3. The highest BCUT2D eigenvalue weighted by molar-refractivity contribution is 5.95. The summed E-state index contributed by atoms with van der Waals surface area (Å²) in [5.41, 5.74) is 0.0703. The number of hydrogen-bond acceptors (Lipinski definition) is 5. The molecule has 2 amide bonds. The van der Waals surface area contributed by atoms with Crippen LogP contribution in [0.1, 0.15) is 30.1 Å². The smallest absolute Gasteiger partial charge is 0.326 e. The minimum atomic E-state index is -1.14. The summed E-state index contributed by atoms with van der Waals surface area (Å²) in [5.74, 6) is -1.62. The van der Waals surface area contributed by atoms with Crippen LogP contribution in [-0.2, 0) is 9.59 Å². The lowest BCUT2D eigenvalue weighted by Crippen LogP contribution is -2.47. The molecule has 110 valence electrons. The van der Waals surface area contributed by atoms with Gasteiger partial charge in [-0.3, -0.25) is 9.59 Å². The van der Waals surface area contributed by atoms with Crippen molar-refractivity contribution in [2.24, 2.45) is 0 Å². The predicted molar refractivity (Wildman–Crippen MR) is 68.1 cm³/mol. The highest BCUT2D eigenvalue weighted by Gasteiger charge is 2.28. The highest BCUT2D eigenvalue weighted by atomic mass is 16.4. The lowest BCUT2D eigenvalue weighted by Gasteiger charge is -2.25. The van der Waals surface area contributed by atoms with Crippen molar-refractivity contribution >= 4 is 17.8 Å². The van der Waals surface area contributed by atoms with Gasteiger partial charge < -0.3 is 19.7 Å². The first-order chi connectivity index (χ1) is 9.34. The van der Waals surface area contributed by atoms with E-state index in [1.807, 2.05) is 0 Å². The van der Waals surface area contributed by atoms with Crippen LogP contribution in [0.2, 0.25) is 0 Å². The fourth-order valence-corrected chi connectivity index (χ4v) is 1.60. The van der Waals surface area contributed by atoms with Crippen LogP contribution in [0.5, 0.6) is 0 Å². The molecule has 0 saturated heterocycles. The van der Waals surface area contributed by atoms with Crippen molar-refractivity contribution in [3.63, 3.8) is 0 Å². The van der Waals surface area contributed by atoms with Crippen molar-refractivity contribution < 1.29 is 23.9 Å². The molecule has 0 aliphatic rings. The van der Waals surface area contributed by atoms with Gasteiger partial charge >= 0.3 is 5.97 Å². The molecule has 20 heavy (non-hydrogen) atoms. The minimum absolute atomic E-state index is 0.0676. The molecule has 1 unspecified atom stereocenters. The van der Waals surface area contributed by atoms with Crippen LogP contribution in [0, 0.1) is 6.92 Å². The quantitative estimate of drug-likeness (QED) is 0.761. The number of carbonyl (C=O) groups excluding carboxylic acids is 2. The molecule has 1 heterocycles.